The fourth-order valence-electron chi connectivity index (χ4n) is 4.69. The van der Waals surface area contributed by atoms with Crippen LogP contribution in [0.5, 0.6) is 0 Å². The second kappa shape index (κ2) is 10.4. The van der Waals surface area contributed by atoms with Gasteiger partial charge in [0.15, 0.2) is 0 Å². The third-order valence-electron chi connectivity index (χ3n) is 6.40. The number of para-hydroxylation sites is 1. The van der Waals surface area contributed by atoms with Crippen molar-refractivity contribution in [1.82, 2.24) is 4.57 Å². The predicted octanol–water partition coefficient (Wildman–Crippen LogP) is 8.71. The van der Waals surface area contributed by atoms with Gasteiger partial charge >= 0.3 is 0 Å². The van der Waals surface area contributed by atoms with Crippen LogP contribution in [0.1, 0.15) is 43.5 Å². The molecule has 0 atom stereocenters. The minimum absolute atomic E-state index is 1.01. The number of hydrogen-bond donors (Lipinski definition) is 0. The smallest absolute Gasteiger partial charge is 0.0534 e. The number of nitrogens with zero attached hydrogens (tertiary/aromatic N) is 1. The van der Waals surface area contributed by atoms with Crippen molar-refractivity contribution in [1.29, 1.82) is 0 Å². The summed E-state index contributed by atoms with van der Waals surface area (Å²) in [4.78, 5) is 0. The topological polar surface area (TPSA) is 4.93 Å². The monoisotopic (exact) mass is 431 g/mol. The molecule has 0 N–H and O–H groups in total. The second-order valence-electron chi connectivity index (χ2n) is 8.63. The lowest BCUT2D eigenvalue weighted by Gasteiger charge is -2.16. The zero-order valence-electron chi connectivity index (χ0n) is 19.9. The molecule has 0 aliphatic heterocycles. The predicted molar refractivity (Wildman–Crippen MR) is 145 cm³/mol. The molecule has 4 rings (SSSR count). The molecular formula is C32H33N. The van der Waals surface area contributed by atoms with Crippen LogP contribution in [0.3, 0.4) is 0 Å². The van der Waals surface area contributed by atoms with Crippen LogP contribution in [0, 0.1) is 0 Å². The first-order valence-electron chi connectivity index (χ1n) is 11.9. The summed E-state index contributed by atoms with van der Waals surface area (Å²) in [5.74, 6) is 0. The first-order chi connectivity index (χ1) is 16.1. The normalized spacial score (nSPS) is 14.8. The van der Waals surface area contributed by atoms with Crippen LogP contribution < -0.4 is 0 Å². The number of aromatic nitrogens is 1. The van der Waals surface area contributed by atoms with Crippen LogP contribution in [-0.2, 0) is 12.8 Å². The lowest BCUT2D eigenvalue weighted by Crippen LogP contribution is -2.06. The van der Waals surface area contributed by atoms with Gasteiger partial charge in [0.1, 0.15) is 0 Å². The van der Waals surface area contributed by atoms with E-state index in [1.807, 2.05) is 31.2 Å². The average Bonchev–Trinajstić information content (AvgIpc) is 3.18. The maximum absolute atomic E-state index is 4.23. The van der Waals surface area contributed by atoms with Crippen LogP contribution in [0.4, 0.5) is 0 Å². The third kappa shape index (κ3) is 4.78. The van der Waals surface area contributed by atoms with Gasteiger partial charge in [-0.2, -0.15) is 0 Å². The lowest BCUT2D eigenvalue weighted by atomic mass is 9.93. The van der Waals surface area contributed by atoms with Crippen LogP contribution in [0.15, 0.2) is 115 Å². The molecule has 0 radical (unpaired) electrons. The van der Waals surface area contributed by atoms with E-state index in [0.29, 0.717) is 0 Å². The molecule has 2 aromatic carbocycles. The number of aryl methyl sites for hydroxylation is 1. The van der Waals surface area contributed by atoms with Crippen molar-refractivity contribution in [2.24, 2.45) is 0 Å². The molecule has 1 heterocycles. The molecule has 1 nitrogen and oxygen atoms in total. The standard InChI is InChI=1S/C32H33N/c1-5-7-9-15-24(3)25(4)22-26(14-6-2)27-20-21-32-30(23-27)29-18-12-13-19-31(29)33(32)28-16-10-8-11-17-28/h5-11,14-17,20-23H,2-3,12-13,18-19H2,1,4H3/b7-5-,15-9-,25-22+,26-14+. The molecule has 166 valence electrons. The van der Waals surface area contributed by atoms with Gasteiger partial charge in [-0.3, -0.25) is 0 Å². The minimum Gasteiger partial charge on any atom is -0.313 e. The van der Waals surface area contributed by atoms with Crippen LogP contribution >= 0.6 is 0 Å². The molecule has 0 amide bonds. The summed E-state index contributed by atoms with van der Waals surface area (Å²) in [7, 11) is 0. The molecule has 3 aromatic rings. The Morgan fingerprint density at radius 1 is 1.00 bits per heavy atom. The molecule has 1 aliphatic carbocycles. The van der Waals surface area contributed by atoms with Gasteiger partial charge in [-0.15, -0.1) is 0 Å². The highest BCUT2D eigenvalue weighted by atomic mass is 15.0. The van der Waals surface area contributed by atoms with E-state index in [0.717, 1.165) is 29.6 Å². The highest BCUT2D eigenvalue weighted by Gasteiger charge is 2.21. The fourth-order valence-corrected chi connectivity index (χ4v) is 4.69. The highest BCUT2D eigenvalue weighted by molar-refractivity contribution is 5.92. The molecule has 0 saturated heterocycles. The largest absolute Gasteiger partial charge is 0.313 e. The van der Waals surface area contributed by atoms with E-state index >= 15 is 0 Å². The molecule has 1 aromatic heterocycles. The minimum atomic E-state index is 1.01. The molecule has 0 spiro atoms. The second-order valence-corrected chi connectivity index (χ2v) is 8.63. The molecule has 1 aliphatic rings. The zero-order valence-corrected chi connectivity index (χ0v) is 19.9. The van der Waals surface area contributed by atoms with Crippen molar-refractivity contribution in [3.05, 3.63) is 132 Å². The van der Waals surface area contributed by atoms with Crippen molar-refractivity contribution >= 4 is 16.5 Å². The maximum atomic E-state index is 4.23. The first kappa shape index (κ1) is 22.6. The zero-order chi connectivity index (χ0) is 23.2. The number of allylic oxidation sites excluding steroid dienone is 10. The van der Waals surface area contributed by atoms with E-state index in [1.165, 1.54) is 46.3 Å². The Morgan fingerprint density at radius 3 is 2.55 bits per heavy atom. The average molecular weight is 432 g/mol. The van der Waals surface area contributed by atoms with Gasteiger partial charge in [0, 0.05) is 16.8 Å². The summed E-state index contributed by atoms with van der Waals surface area (Å²) < 4.78 is 2.47. The Labute approximate surface area is 198 Å². The Morgan fingerprint density at radius 2 is 1.79 bits per heavy atom. The molecular weight excluding hydrogens is 398 g/mol. The fraction of sp³-hybridized carbons (Fsp3) is 0.188. The molecule has 0 unspecified atom stereocenters. The van der Waals surface area contributed by atoms with Gasteiger partial charge in [-0.05, 0) is 91.6 Å². The highest BCUT2D eigenvalue weighted by Crippen LogP contribution is 2.36. The van der Waals surface area contributed by atoms with Crippen LogP contribution in [0.2, 0.25) is 0 Å². The Kier molecular flexibility index (Phi) is 7.10. The number of benzene rings is 2. The first-order valence-corrected chi connectivity index (χ1v) is 11.9. The van der Waals surface area contributed by atoms with E-state index in [2.05, 4.69) is 91.4 Å². The van der Waals surface area contributed by atoms with Crippen LogP contribution in [-0.4, -0.2) is 4.57 Å². The number of rotatable bonds is 7. The summed E-state index contributed by atoms with van der Waals surface area (Å²) in [6, 6.07) is 17.7. The van der Waals surface area contributed by atoms with E-state index < -0.39 is 0 Å². The quantitative estimate of drug-likeness (QED) is 0.330. The Balaban J connectivity index is 1.81. The lowest BCUT2D eigenvalue weighted by molar-refractivity contribution is 0.667. The van der Waals surface area contributed by atoms with Gasteiger partial charge in [0.25, 0.3) is 0 Å². The molecule has 33 heavy (non-hydrogen) atoms. The molecule has 1 heteroatoms. The summed E-state index contributed by atoms with van der Waals surface area (Å²) in [5, 5.41) is 1.37. The SMILES string of the molecule is C=C/C=C(\C=C(/C)C(=C)/C=C\C=C/C)c1ccc2c(c1)c1c(n2-c2ccccc2)CCCC1. The summed E-state index contributed by atoms with van der Waals surface area (Å²) in [5.41, 5.74) is 10.1. The molecule has 0 saturated carbocycles. The van der Waals surface area contributed by atoms with E-state index in [4.69, 9.17) is 0 Å². The van der Waals surface area contributed by atoms with Crippen LogP contribution in [0.25, 0.3) is 22.2 Å². The van der Waals surface area contributed by atoms with E-state index in [9.17, 15) is 0 Å². The van der Waals surface area contributed by atoms with Crippen molar-refractivity contribution in [2.75, 3.05) is 0 Å². The Hall–Kier alpha value is -3.58. The number of hydrogen-bond acceptors (Lipinski definition) is 0. The van der Waals surface area contributed by atoms with E-state index in [-0.39, 0.29) is 0 Å². The van der Waals surface area contributed by atoms with Crippen molar-refractivity contribution in [2.45, 2.75) is 39.5 Å². The van der Waals surface area contributed by atoms with Gasteiger partial charge in [-0.1, -0.05) is 80.0 Å². The summed E-state index contributed by atoms with van der Waals surface area (Å²) in [6.45, 7) is 12.3. The molecule has 0 bridgehead atoms. The molecule has 0 fully saturated rings. The third-order valence-corrected chi connectivity index (χ3v) is 6.40. The van der Waals surface area contributed by atoms with Crippen molar-refractivity contribution in [3.63, 3.8) is 0 Å². The van der Waals surface area contributed by atoms with Gasteiger partial charge in [0.05, 0.1) is 5.52 Å². The van der Waals surface area contributed by atoms with E-state index in [1.54, 1.807) is 0 Å². The summed E-state index contributed by atoms with van der Waals surface area (Å²) >= 11 is 0. The van der Waals surface area contributed by atoms with Crippen molar-refractivity contribution < 1.29 is 0 Å². The Bertz CT molecular complexity index is 1290. The van der Waals surface area contributed by atoms with Gasteiger partial charge in [0.2, 0.25) is 0 Å². The van der Waals surface area contributed by atoms with Gasteiger partial charge in [-0.25, -0.2) is 0 Å². The van der Waals surface area contributed by atoms with Crippen molar-refractivity contribution in [3.8, 4) is 5.69 Å². The maximum Gasteiger partial charge on any atom is 0.0534 e. The number of fused-ring (bicyclic) bond motifs is 3. The summed E-state index contributed by atoms with van der Waals surface area (Å²) in [6.07, 6.45) is 19.1. The van der Waals surface area contributed by atoms with Gasteiger partial charge < -0.3 is 4.57 Å².